The summed E-state index contributed by atoms with van der Waals surface area (Å²) >= 11 is 0. The predicted molar refractivity (Wildman–Crippen MR) is 54.8 cm³/mol. The van der Waals surface area contributed by atoms with Gasteiger partial charge in [0.25, 0.3) is 0 Å². The molecular weight excluding hydrogens is 222 g/mol. The standard InChI is InChI=1S/C9H10ClNO2S/c10-14(12,13)8-3-4-9-7(6-8)2-1-5-11-9/h1-2,5,8H,3-4,6H2. The summed E-state index contributed by atoms with van der Waals surface area (Å²) in [4.78, 5) is 4.20. The zero-order chi connectivity index (χ0) is 10.2. The SMILES string of the molecule is O=S(=O)(Cl)C1CCc2ncccc2C1. The molecule has 0 saturated carbocycles. The van der Waals surface area contributed by atoms with Crippen molar-refractivity contribution < 1.29 is 8.42 Å². The van der Waals surface area contributed by atoms with E-state index in [9.17, 15) is 8.42 Å². The average molecular weight is 232 g/mol. The molecule has 0 N–H and O–H groups in total. The van der Waals surface area contributed by atoms with E-state index in [0.717, 1.165) is 11.3 Å². The number of hydrogen-bond acceptors (Lipinski definition) is 3. The number of aryl methyl sites for hydroxylation is 1. The summed E-state index contributed by atoms with van der Waals surface area (Å²) in [6, 6.07) is 3.73. The van der Waals surface area contributed by atoms with Crippen molar-refractivity contribution in [1.29, 1.82) is 0 Å². The minimum absolute atomic E-state index is 0.444. The molecule has 1 aromatic rings. The van der Waals surface area contributed by atoms with E-state index in [1.807, 2.05) is 12.1 Å². The van der Waals surface area contributed by atoms with Gasteiger partial charge in [-0.15, -0.1) is 0 Å². The lowest BCUT2D eigenvalue weighted by molar-refractivity contribution is 0.573. The molecule has 1 aliphatic rings. The molecule has 0 fully saturated rings. The molecule has 1 aromatic heterocycles. The van der Waals surface area contributed by atoms with Crippen LogP contribution < -0.4 is 0 Å². The summed E-state index contributed by atoms with van der Waals surface area (Å²) in [5, 5.41) is -0.444. The smallest absolute Gasteiger partial charge is 0.235 e. The average Bonchev–Trinajstić information content (AvgIpc) is 2.16. The molecule has 76 valence electrons. The molecule has 1 heterocycles. The number of nitrogens with zero attached hydrogens (tertiary/aromatic N) is 1. The molecular formula is C9H10ClNO2S. The summed E-state index contributed by atoms with van der Waals surface area (Å²) < 4.78 is 22.3. The Morgan fingerprint density at radius 2 is 2.29 bits per heavy atom. The minimum atomic E-state index is -3.42. The van der Waals surface area contributed by atoms with E-state index in [2.05, 4.69) is 4.98 Å². The van der Waals surface area contributed by atoms with E-state index in [-0.39, 0.29) is 0 Å². The molecule has 3 nitrogen and oxygen atoms in total. The van der Waals surface area contributed by atoms with Crippen molar-refractivity contribution in [3.63, 3.8) is 0 Å². The predicted octanol–water partition coefficient (Wildman–Crippen LogP) is 1.51. The third-order valence-corrected chi connectivity index (χ3v) is 4.49. The molecule has 14 heavy (non-hydrogen) atoms. The lowest BCUT2D eigenvalue weighted by atomic mass is 9.96. The van der Waals surface area contributed by atoms with Crippen LogP contribution in [-0.2, 0) is 21.9 Å². The van der Waals surface area contributed by atoms with Gasteiger partial charge < -0.3 is 0 Å². The Balaban J connectivity index is 2.30. The molecule has 0 bridgehead atoms. The second kappa shape index (κ2) is 3.51. The number of rotatable bonds is 1. The normalized spacial score (nSPS) is 21.6. The second-order valence-corrected chi connectivity index (χ2v) is 6.36. The summed E-state index contributed by atoms with van der Waals surface area (Å²) in [6.45, 7) is 0. The van der Waals surface area contributed by atoms with Crippen molar-refractivity contribution in [2.75, 3.05) is 0 Å². The van der Waals surface area contributed by atoms with E-state index in [0.29, 0.717) is 19.3 Å². The Morgan fingerprint density at radius 3 is 3.00 bits per heavy atom. The fourth-order valence-corrected chi connectivity index (χ4v) is 3.00. The van der Waals surface area contributed by atoms with E-state index >= 15 is 0 Å². The number of hydrogen-bond donors (Lipinski definition) is 0. The van der Waals surface area contributed by atoms with Crippen LogP contribution in [0.3, 0.4) is 0 Å². The molecule has 0 amide bonds. The first-order chi connectivity index (χ1) is 6.57. The maximum Gasteiger partial charge on any atom is 0.235 e. The van der Waals surface area contributed by atoms with Crippen LogP contribution in [0, 0.1) is 0 Å². The number of aromatic nitrogens is 1. The Morgan fingerprint density at radius 1 is 1.50 bits per heavy atom. The zero-order valence-electron chi connectivity index (χ0n) is 7.48. The molecule has 0 spiro atoms. The van der Waals surface area contributed by atoms with Crippen LogP contribution in [0.1, 0.15) is 17.7 Å². The molecule has 2 rings (SSSR count). The maximum absolute atomic E-state index is 11.1. The van der Waals surface area contributed by atoms with Crippen LogP contribution >= 0.6 is 10.7 Å². The lowest BCUT2D eigenvalue weighted by Gasteiger charge is -2.20. The zero-order valence-corrected chi connectivity index (χ0v) is 9.05. The van der Waals surface area contributed by atoms with Crippen molar-refractivity contribution >= 4 is 19.7 Å². The first-order valence-electron chi connectivity index (χ1n) is 4.43. The number of fused-ring (bicyclic) bond motifs is 1. The highest BCUT2D eigenvalue weighted by Gasteiger charge is 2.28. The van der Waals surface area contributed by atoms with Gasteiger partial charge >= 0.3 is 0 Å². The summed E-state index contributed by atoms with van der Waals surface area (Å²) in [7, 11) is 1.91. The number of pyridine rings is 1. The fraction of sp³-hybridized carbons (Fsp3) is 0.444. The first-order valence-corrected chi connectivity index (χ1v) is 6.81. The van der Waals surface area contributed by atoms with Crippen molar-refractivity contribution in [3.05, 3.63) is 29.6 Å². The molecule has 1 aliphatic carbocycles. The van der Waals surface area contributed by atoms with Crippen LogP contribution in [0.2, 0.25) is 0 Å². The van der Waals surface area contributed by atoms with E-state index in [1.165, 1.54) is 0 Å². The second-order valence-electron chi connectivity index (χ2n) is 3.45. The van der Waals surface area contributed by atoms with Crippen molar-refractivity contribution in [2.45, 2.75) is 24.5 Å². The van der Waals surface area contributed by atoms with Gasteiger partial charge in [0, 0.05) is 22.6 Å². The van der Waals surface area contributed by atoms with Crippen molar-refractivity contribution in [1.82, 2.24) is 4.98 Å². The topological polar surface area (TPSA) is 47.0 Å². The van der Waals surface area contributed by atoms with Crippen LogP contribution in [0.15, 0.2) is 18.3 Å². The lowest BCUT2D eigenvalue weighted by Crippen LogP contribution is -2.25. The highest BCUT2D eigenvalue weighted by Crippen LogP contribution is 2.25. The largest absolute Gasteiger partial charge is 0.261 e. The van der Waals surface area contributed by atoms with E-state index in [4.69, 9.17) is 10.7 Å². The third kappa shape index (κ3) is 1.91. The third-order valence-electron chi connectivity index (χ3n) is 2.53. The molecule has 1 atom stereocenters. The van der Waals surface area contributed by atoms with Gasteiger partial charge in [0.05, 0.1) is 5.25 Å². The maximum atomic E-state index is 11.1. The van der Waals surface area contributed by atoms with Crippen molar-refractivity contribution in [3.8, 4) is 0 Å². The van der Waals surface area contributed by atoms with Crippen LogP contribution in [-0.4, -0.2) is 18.7 Å². The van der Waals surface area contributed by atoms with Gasteiger partial charge in [0.2, 0.25) is 9.05 Å². The van der Waals surface area contributed by atoms with Gasteiger partial charge in [-0.05, 0) is 30.9 Å². The summed E-state index contributed by atoms with van der Waals surface area (Å²) in [5.74, 6) is 0. The van der Waals surface area contributed by atoms with Crippen LogP contribution in [0.4, 0.5) is 0 Å². The summed E-state index contributed by atoms with van der Waals surface area (Å²) in [6.07, 6.45) is 3.51. The highest BCUT2D eigenvalue weighted by atomic mass is 35.7. The van der Waals surface area contributed by atoms with Gasteiger partial charge in [-0.1, -0.05) is 6.07 Å². The Hall–Kier alpha value is -0.610. The molecule has 0 saturated heterocycles. The molecule has 0 radical (unpaired) electrons. The van der Waals surface area contributed by atoms with Gasteiger partial charge in [0.15, 0.2) is 0 Å². The molecule has 1 unspecified atom stereocenters. The Labute approximate surface area is 87.5 Å². The van der Waals surface area contributed by atoms with Gasteiger partial charge in [-0.3, -0.25) is 4.98 Å². The molecule has 5 heteroatoms. The first kappa shape index (κ1) is 9.93. The van der Waals surface area contributed by atoms with Gasteiger partial charge in [-0.25, -0.2) is 8.42 Å². The van der Waals surface area contributed by atoms with Crippen molar-refractivity contribution in [2.24, 2.45) is 0 Å². The van der Waals surface area contributed by atoms with Gasteiger partial charge in [0.1, 0.15) is 0 Å². The summed E-state index contributed by atoms with van der Waals surface area (Å²) in [5.41, 5.74) is 2.01. The highest BCUT2D eigenvalue weighted by molar-refractivity contribution is 8.14. The number of halogens is 1. The van der Waals surface area contributed by atoms with E-state index < -0.39 is 14.3 Å². The minimum Gasteiger partial charge on any atom is -0.261 e. The van der Waals surface area contributed by atoms with Gasteiger partial charge in [-0.2, -0.15) is 0 Å². The quantitative estimate of drug-likeness (QED) is 0.689. The molecule has 0 aromatic carbocycles. The molecule has 0 aliphatic heterocycles. The van der Waals surface area contributed by atoms with E-state index in [1.54, 1.807) is 6.20 Å². The Kier molecular flexibility index (Phi) is 2.49. The monoisotopic (exact) mass is 231 g/mol. The van der Waals surface area contributed by atoms with Crippen LogP contribution in [0.5, 0.6) is 0 Å². The van der Waals surface area contributed by atoms with Crippen LogP contribution in [0.25, 0.3) is 0 Å². The fourth-order valence-electron chi connectivity index (χ4n) is 1.77. The Bertz CT molecular complexity index is 444.